The van der Waals surface area contributed by atoms with Crippen molar-refractivity contribution in [3.8, 4) is 0 Å². The zero-order valence-corrected chi connectivity index (χ0v) is 19.2. The van der Waals surface area contributed by atoms with Gasteiger partial charge in [-0.3, -0.25) is 4.99 Å². The topological polar surface area (TPSA) is 92.3 Å². The Hall–Kier alpha value is -2.71. The van der Waals surface area contributed by atoms with Gasteiger partial charge >= 0.3 is 6.09 Å². The first kappa shape index (κ1) is 21.5. The van der Waals surface area contributed by atoms with Crippen molar-refractivity contribution in [1.29, 1.82) is 0 Å². The van der Waals surface area contributed by atoms with Crippen LogP contribution < -0.4 is 5.32 Å². The highest BCUT2D eigenvalue weighted by atomic mass is 35.5. The predicted molar refractivity (Wildman–Crippen MR) is 124 cm³/mol. The second kappa shape index (κ2) is 8.43. The third-order valence-corrected chi connectivity index (χ3v) is 6.65. The number of aliphatic imine (C=N–C) groups is 1. The summed E-state index contributed by atoms with van der Waals surface area (Å²) in [5.74, 6) is 0. The van der Waals surface area contributed by atoms with E-state index in [9.17, 15) is 4.79 Å². The van der Waals surface area contributed by atoms with Crippen molar-refractivity contribution in [3.63, 3.8) is 0 Å². The number of H-pyrrole nitrogens is 1. The molecule has 7 nitrogen and oxygen atoms in total. The van der Waals surface area contributed by atoms with E-state index in [1.54, 1.807) is 23.7 Å². The minimum absolute atomic E-state index is 0.338. The molecule has 1 unspecified atom stereocenters. The summed E-state index contributed by atoms with van der Waals surface area (Å²) in [7, 11) is 0. The van der Waals surface area contributed by atoms with Gasteiger partial charge in [-0.05, 0) is 44.9 Å². The lowest BCUT2D eigenvalue weighted by atomic mass is 9.84. The molecule has 3 aromatic heterocycles. The third-order valence-electron chi connectivity index (χ3n) is 4.95. The number of rotatable bonds is 5. The highest BCUT2D eigenvalue weighted by Gasteiger charge is 2.35. The van der Waals surface area contributed by atoms with Gasteiger partial charge in [0.05, 0.1) is 5.41 Å². The van der Waals surface area contributed by atoms with Crippen LogP contribution in [0.1, 0.15) is 42.6 Å². The summed E-state index contributed by atoms with van der Waals surface area (Å²) in [5.41, 5.74) is 0.879. The fourth-order valence-electron chi connectivity index (χ4n) is 3.43. The molecule has 1 aliphatic rings. The van der Waals surface area contributed by atoms with E-state index >= 15 is 0 Å². The van der Waals surface area contributed by atoms with Crippen molar-refractivity contribution in [1.82, 2.24) is 20.3 Å². The molecule has 0 bridgehead atoms. The lowest BCUT2D eigenvalue weighted by Crippen LogP contribution is -2.42. The Labute approximate surface area is 189 Å². The van der Waals surface area contributed by atoms with Crippen LogP contribution in [0.5, 0.6) is 0 Å². The van der Waals surface area contributed by atoms with Gasteiger partial charge in [0, 0.05) is 48.0 Å². The summed E-state index contributed by atoms with van der Waals surface area (Å²) in [6.45, 7) is 5.85. The summed E-state index contributed by atoms with van der Waals surface area (Å²) in [6, 6.07) is 3.96. The molecular weight excluding hydrogens is 434 g/mol. The van der Waals surface area contributed by atoms with E-state index in [-0.39, 0.29) is 0 Å². The van der Waals surface area contributed by atoms with Crippen LogP contribution in [0.3, 0.4) is 0 Å². The van der Waals surface area contributed by atoms with Gasteiger partial charge in [-0.1, -0.05) is 17.7 Å². The maximum absolute atomic E-state index is 12.2. The number of ether oxygens (including phenoxy) is 1. The van der Waals surface area contributed by atoms with Crippen LogP contribution in [-0.4, -0.2) is 39.4 Å². The number of carbonyl (C=O) groups excluding carboxylic acids is 1. The van der Waals surface area contributed by atoms with Crippen LogP contribution in [0.25, 0.3) is 11.0 Å². The number of halogens is 1. The summed E-state index contributed by atoms with van der Waals surface area (Å²) in [6.07, 6.45) is 10.1. The van der Waals surface area contributed by atoms with Crippen molar-refractivity contribution >= 4 is 46.3 Å². The Morgan fingerprint density at radius 2 is 2.26 bits per heavy atom. The minimum atomic E-state index is -0.563. The molecule has 9 heteroatoms. The Kier molecular flexibility index (Phi) is 5.85. The molecule has 0 fully saturated rings. The maximum atomic E-state index is 12.2. The molecule has 0 spiro atoms. The number of amides is 1. The van der Waals surface area contributed by atoms with Gasteiger partial charge in [0.1, 0.15) is 21.4 Å². The molecule has 4 rings (SSSR count). The molecule has 2 N–H and O–H groups in total. The molecule has 4 heterocycles. The lowest BCUT2D eigenvalue weighted by Gasteiger charge is -2.29. The summed E-state index contributed by atoms with van der Waals surface area (Å²) in [5, 5.41) is 5.27. The van der Waals surface area contributed by atoms with E-state index in [4.69, 9.17) is 16.3 Å². The highest BCUT2D eigenvalue weighted by molar-refractivity contribution is 7.12. The molecule has 0 radical (unpaired) electrons. The first-order valence-corrected chi connectivity index (χ1v) is 11.2. The van der Waals surface area contributed by atoms with Gasteiger partial charge in [-0.15, -0.1) is 11.3 Å². The molecule has 1 aliphatic heterocycles. The van der Waals surface area contributed by atoms with Crippen LogP contribution in [0, 0.1) is 0 Å². The van der Waals surface area contributed by atoms with Gasteiger partial charge in [0.25, 0.3) is 0 Å². The van der Waals surface area contributed by atoms with Crippen molar-refractivity contribution in [2.45, 2.75) is 44.6 Å². The van der Waals surface area contributed by atoms with Crippen LogP contribution in [0.4, 0.5) is 4.79 Å². The predicted octanol–water partition coefficient (Wildman–Crippen LogP) is 5.01. The van der Waals surface area contributed by atoms with Crippen LogP contribution >= 0.6 is 22.9 Å². The largest absolute Gasteiger partial charge is 0.444 e. The van der Waals surface area contributed by atoms with E-state index in [0.29, 0.717) is 24.5 Å². The first-order valence-electron chi connectivity index (χ1n) is 9.99. The van der Waals surface area contributed by atoms with Crippen molar-refractivity contribution in [2.75, 3.05) is 6.54 Å². The van der Waals surface area contributed by atoms with Crippen molar-refractivity contribution in [2.24, 2.45) is 4.99 Å². The zero-order valence-electron chi connectivity index (χ0n) is 17.6. The number of hydrogen-bond acceptors (Lipinski definition) is 6. The van der Waals surface area contributed by atoms with E-state index < -0.39 is 17.1 Å². The van der Waals surface area contributed by atoms with E-state index in [2.05, 4.69) is 25.3 Å². The number of carbonyl (C=O) groups is 1. The Morgan fingerprint density at radius 1 is 1.42 bits per heavy atom. The number of nitrogens with one attached hydrogen (secondary N) is 2. The number of fused-ring (bicyclic) bond motifs is 1. The van der Waals surface area contributed by atoms with Gasteiger partial charge in [0.15, 0.2) is 0 Å². The number of nitrogens with zero attached hydrogens (tertiary/aromatic N) is 3. The fourth-order valence-corrected chi connectivity index (χ4v) is 4.90. The summed E-state index contributed by atoms with van der Waals surface area (Å²) < 4.78 is 5.39. The Bertz CT molecular complexity index is 1160. The van der Waals surface area contributed by atoms with Crippen LogP contribution in [0.2, 0.25) is 5.15 Å². The lowest BCUT2D eigenvalue weighted by molar-refractivity contribution is 0.0519. The third kappa shape index (κ3) is 4.80. The molecule has 0 saturated heterocycles. The smallest absolute Gasteiger partial charge is 0.407 e. The van der Waals surface area contributed by atoms with Gasteiger partial charge < -0.3 is 15.0 Å². The molecule has 31 heavy (non-hydrogen) atoms. The SMILES string of the molecule is CC(C)(C)OC(=O)NCC1(c2nc(Cl)c(Cc3c[nH]c4ncccc34)s2)C=CN=CC1. The molecule has 0 saturated carbocycles. The molecule has 162 valence electrons. The van der Waals surface area contributed by atoms with Crippen molar-refractivity contribution < 1.29 is 9.53 Å². The van der Waals surface area contributed by atoms with Gasteiger partial charge in [-0.2, -0.15) is 0 Å². The van der Waals surface area contributed by atoms with E-state index in [1.165, 1.54) is 0 Å². The number of thiazole rings is 1. The zero-order chi connectivity index (χ0) is 22.1. The average Bonchev–Trinajstić information content (AvgIpc) is 3.30. The van der Waals surface area contributed by atoms with Gasteiger partial charge in [-0.25, -0.2) is 14.8 Å². The number of hydrogen-bond donors (Lipinski definition) is 2. The molecule has 0 aromatic carbocycles. The quantitative estimate of drug-likeness (QED) is 0.563. The Balaban J connectivity index is 1.58. The molecule has 3 aromatic rings. The van der Waals surface area contributed by atoms with Gasteiger partial charge in [0.2, 0.25) is 0 Å². The first-order chi connectivity index (χ1) is 14.8. The normalized spacial score (nSPS) is 18.5. The fraction of sp³-hybridized carbons (Fsp3) is 0.364. The second-order valence-electron chi connectivity index (χ2n) is 8.49. The van der Waals surface area contributed by atoms with Crippen LogP contribution in [0.15, 0.2) is 41.8 Å². The number of aromatic amines is 1. The molecule has 1 amide bonds. The van der Waals surface area contributed by atoms with Crippen LogP contribution in [-0.2, 0) is 16.6 Å². The molecular formula is C22H24ClN5O2S. The number of alkyl carbamates (subject to hydrolysis) is 1. The van der Waals surface area contributed by atoms with E-state index in [0.717, 1.165) is 26.5 Å². The standard InChI is InChI=1S/C22H24ClN5O2S/c1-21(2,3)30-20(29)27-13-22(6-9-24-10-7-22)19-28-17(23)16(31-19)11-14-12-26-18-15(14)5-4-8-25-18/h4-6,8-10,12H,7,11,13H2,1-3H3,(H,25,26)(H,27,29). The second-order valence-corrected chi connectivity index (χ2v) is 9.93. The highest BCUT2D eigenvalue weighted by Crippen LogP contribution is 2.38. The number of pyridine rings is 1. The minimum Gasteiger partial charge on any atom is -0.444 e. The van der Waals surface area contributed by atoms with Crippen molar-refractivity contribution in [3.05, 3.63) is 57.4 Å². The molecule has 0 aliphatic carbocycles. The summed E-state index contributed by atoms with van der Waals surface area (Å²) >= 11 is 8.10. The monoisotopic (exact) mass is 457 g/mol. The summed E-state index contributed by atoms with van der Waals surface area (Å²) in [4.78, 5) is 29.6. The maximum Gasteiger partial charge on any atom is 0.407 e. The average molecular weight is 458 g/mol. The number of aromatic nitrogens is 3. The Morgan fingerprint density at radius 3 is 3.00 bits per heavy atom. The molecule has 1 atom stereocenters. The van der Waals surface area contributed by atoms with E-state index in [1.807, 2.05) is 51.4 Å².